The predicted octanol–water partition coefficient (Wildman–Crippen LogP) is 2.15. The number of nitrogens with zero attached hydrogens (tertiary/aromatic N) is 2. The first kappa shape index (κ1) is 19.0. The summed E-state index contributed by atoms with van der Waals surface area (Å²) in [6.45, 7) is 2.94. The van der Waals surface area contributed by atoms with E-state index >= 15 is 0 Å². The van der Waals surface area contributed by atoms with Gasteiger partial charge in [-0.25, -0.2) is 8.42 Å². The summed E-state index contributed by atoms with van der Waals surface area (Å²) in [6.07, 6.45) is 1.25. The van der Waals surface area contributed by atoms with Crippen LogP contribution >= 0.6 is 23.4 Å². The van der Waals surface area contributed by atoms with Gasteiger partial charge in [-0.1, -0.05) is 11.6 Å². The minimum atomic E-state index is -2.85. The lowest BCUT2D eigenvalue weighted by molar-refractivity contribution is -0.132. The van der Waals surface area contributed by atoms with Crippen molar-refractivity contribution in [3.8, 4) is 0 Å². The monoisotopic (exact) mass is 402 g/mol. The normalized spacial score (nSPS) is 23.7. The van der Waals surface area contributed by atoms with E-state index in [1.165, 1.54) is 0 Å². The number of piperazine rings is 1. The van der Waals surface area contributed by atoms with Gasteiger partial charge in [-0.3, -0.25) is 9.69 Å². The number of amides is 1. The molecule has 1 aromatic rings. The van der Waals surface area contributed by atoms with Crippen LogP contribution in [0.15, 0.2) is 29.2 Å². The van der Waals surface area contributed by atoms with E-state index < -0.39 is 9.84 Å². The van der Waals surface area contributed by atoms with Gasteiger partial charge in [0, 0.05) is 54.3 Å². The number of rotatable bonds is 5. The second-order valence-electron chi connectivity index (χ2n) is 6.53. The standard InChI is InChI=1S/C17H23ClN2O3S2/c18-14-1-3-16(4-2-14)24-11-5-17(21)20-9-7-19(8-10-20)15-6-12-25(22,23)13-15/h1-4,15H,5-13H2. The Balaban J connectivity index is 1.39. The van der Waals surface area contributed by atoms with E-state index in [1.807, 2.05) is 29.2 Å². The van der Waals surface area contributed by atoms with Gasteiger partial charge >= 0.3 is 0 Å². The molecule has 1 aromatic carbocycles. The highest BCUT2D eigenvalue weighted by atomic mass is 35.5. The van der Waals surface area contributed by atoms with Gasteiger partial charge in [0.2, 0.25) is 5.91 Å². The van der Waals surface area contributed by atoms with Crippen molar-refractivity contribution in [1.29, 1.82) is 0 Å². The summed E-state index contributed by atoms with van der Waals surface area (Å²) in [5, 5.41) is 0.716. The van der Waals surface area contributed by atoms with Crippen molar-refractivity contribution in [3.63, 3.8) is 0 Å². The first-order valence-corrected chi connectivity index (χ1v) is 11.7. The molecule has 0 spiro atoms. The van der Waals surface area contributed by atoms with Crippen molar-refractivity contribution in [2.75, 3.05) is 43.4 Å². The van der Waals surface area contributed by atoms with Gasteiger partial charge in [0.1, 0.15) is 0 Å². The third-order valence-corrected chi connectivity index (χ3v) is 7.81. The molecule has 0 aliphatic carbocycles. The molecule has 2 aliphatic heterocycles. The fraction of sp³-hybridized carbons (Fsp3) is 0.588. The summed E-state index contributed by atoms with van der Waals surface area (Å²) in [6, 6.07) is 7.78. The lowest BCUT2D eigenvalue weighted by Crippen LogP contribution is -2.52. The molecule has 0 N–H and O–H groups in total. The maximum absolute atomic E-state index is 12.4. The molecule has 1 amide bonds. The van der Waals surface area contributed by atoms with Crippen LogP contribution in [0.25, 0.3) is 0 Å². The van der Waals surface area contributed by atoms with E-state index in [4.69, 9.17) is 11.6 Å². The SMILES string of the molecule is O=C(CCSc1ccc(Cl)cc1)N1CCN(C2CCS(=O)(=O)C2)CC1. The van der Waals surface area contributed by atoms with Crippen molar-refractivity contribution in [3.05, 3.63) is 29.3 Å². The number of carbonyl (C=O) groups is 1. The number of hydrogen-bond acceptors (Lipinski definition) is 5. The molecular formula is C17H23ClN2O3S2. The second-order valence-corrected chi connectivity index (χ2v) is 10.4. The maximum atomic E-state index is 12.4. The van der Waals surface area contributed by atoms with Crippen LogP contribution in [0, 0.1) is 0 Å². The lowest BCUT2D eigenvalue weighted by atomic mass is 10.2. The van der Waals surface area contributed by atoms with Crippen LogP contribution in [0.3, 0.4) is 0 Å². The Morgan fingerprint density at radius 2 is 1.84 bits per heavy atom. The Hall–Kier alpha value is -0.760. The Morgan fingerprint density at radius 3 is 2.44 bits per heavy atom. The molecule has 25 heavy (non-hydrogen) atoms. The van der Waals surface area contributed by atoms with Crippen LogP contribution in [0.1, 0.15) is 12.8 Å². The van der Waals surface area contributed by atoms with Gasteiger partial charge in [-0.2, -0.15) is 0 Å². The van der Waals surface area contributed by atoms with Gasteiger partial charge < -0.3 is 4.90 Å². The van der Waals surface area contributed by atoms with Gasteiger partial charge in [0.25, 0.3) is 0 Å². The molecule has 3 rings (SSSR count). The van der Waals surface area contributed by atoms with Crippen LogP contribution in [0.4, 0.5) is 0 Å². The van der Waals surface area contributed by atoms with E-state index in [2.05, 4.69) is 4.90 Å². The van der Waals surface area contributed by atoms with Crippen molar-refractivity contribution in [1.82, 2.24) is 9.80 Å². The van der Waals surface area contributed by atoms with Gasteiger partial charge in [0.05, 0.1) is 11.5 Å². The topological polar surface area (TPSA) is 57.7 Å². The molecule has 0 bridgehead atoms. The minimum absolute atomic E-state index is 0.141. The molecule has 0 saturated carbocycles. The number of carbonyl (C=O) groups excluding carboxylic acids is 1. The van der Waals surface area contributed by atoms with E-state index in [1.54, 1.807) is 11.8 Å². The van der Waals surface area contributed by atoms with E-state index in [-0.39, 0.29) is 17.7 Å². The smallest absolute Gasteiger partial charge is 0.223 e. The van der Waals surface area contributed by atoms with E-state index in [9.17, 15) is 13.2 Å². The minimum Gasteiger partial charge on any atom is -0.340 e. The van der Waals surface area contributed by atoms with Crippen LogP contribution in [-0.4, -0.2) is 73.6 Å². The predicted molar refractivity (Wildman–Crippen MR) is 102 cm³/mol. The molecule has 0 aromatic heterocycles. The molecule has 8 heteroatoms. The molecule has 1 unspecified atom stereocenters. The van der Waals surface area contributed by atoms with Crippen LogP contribution in [-0.2, 0) is 14.6 Å². The van der Waals surface area contributed by atoms with Gasteiger partial charge in [-0.15, -0.1) is 11.8 Å². The summed E-state index contributed by atoms with van der Waals surface area (Å²) >= 11 is 7.52. The third-order valence-electron chi connectivity index (χ3n) is 4.79. The average molecular weight is 403 g/mol. The molecule has 0 radical (unpaired) electrons. The second kappa shape index (κ2) is 8.29. The largest absolute Gasteiger partial charge is 0.340 e. The number of thioether (sulfide) groups is 1. The fourth-order valence-electron chi connectivity index (χ4n) is 3.34. The Labute approximate surface area is 158 Å². The molecule has 138 valence electrons. The summed E-state index contributed by atoms with van der Waals surface area (Å²) in [4.78, 5) is 17.6. The number of hydrogen-bond donors (Lipinski definition) is 0. The average Bonchev–Trinajstić information content (AvgIpc) is 2.97. The van der Waals surface area contributed by atoms with E-state index in [0.717, 1.165) is 30.2 Å². The molecule has 2 saturated heterocycles. The highest BCUT2D eigenvalue weighted by molar-refractivity contribution is 7.99. The molecule has 5 nitrogen and oxygen atoms in total. The molecule has 2 aliphatic rings. The Bertz CT molecular complexity index is 701. The number of halogens is 1. The fourth-order valence-corrected chi connectivity index (χ4v) is 6.07. The zero-order valence-corrected chi connectivity index (χ0v) is 16.5. The first-order valence-electron chi connectivity index (χ1n) is 8.53. The zero-order chi connectivity index (χ0) is 17.9. The molecule has 2 heterocycles. The van der Waals surface area contributed by atoms with Crippen molar-refractivity contribution in [2.24, 2.45) is 0 Å². The van der Waals surface area contributed by atoms with Crippen LogP contribution < -0.4 is 0 Å². The summed E-state index contributed by atoms with van der Waals surface area (Å²) in [5.74, 6) is 1.51. The number of benzene rings is 1. The molecule has 2 fully saturated rings. The maximum Gasteiger partial charge on any atom is 0.223 e. The molecular weight excluding hydrogens is 380 g/mol. The summed E-state index contributed by atoms with van der Waals surface area (Å²) in [7, 11) is -2.85. The lowest BCUT2D eigenvalue weighted by Gasteiger charge is -2.37. The first-order chi connectivity index (χ1) is 11.9. The third kappa shape index (κ3) is 5.36. The number of sulfone groups is 1. The van der Waals surface area contributed by atoms with Crippen molar-refractivity contribution >= 4 is 39.1 Å². The zero-order valence-electron chi connectivity index (χ0n) is 14.1. The Kier molecular flexibility index (Phi) is 6.30. The summed E-state index contributed by atoms with van der Waals surface area (Å²) < 4.78 is 23.2. The Morgan fingerprint density at radius 1 is 1.16 bits per heavy atom. The molecule has 1 atom stereocenters. The highest BCUT2D eigenvalue weighted by Gasteiger charge is 2.34. The van der Waals surface area contributed by atoms with Crippen LogP contribution in [0.5, 0.6) is 0 Å². The van der Waals surface area contributed by atoms with Crippen LogP contribution in [0.2, 0.25) is 5.02 Å². The van der Waals surface area contributed by atoms with Crippen molar-refractivity contribution in [2.45, 2.75) is 23.8 Å². The van der Waals surface area contributed by atoms with E-state index in [0.29, 0.717) is 30.3 Å². The highest BCUT2D eigenvalue weighted by Crippen LogP contribution is 2.22. The quantitative estimate of drug-likeness (QED) is 0.706. The van der Waals surface area contributed by atoms with Crippen molar-refractivity contribution < 1.29 is 13.2 Å². The van der Waals surface area contributed by atoms with Gasteiger partial charge in [-0.05, 0) is 30.7 Å². The summed E-state index contributed by atoms with van der Waals surface area (Å²) in [5.41, 5.74) is 0. The van der Waals surface area contributed by atoms with Gasteiger partial charge in [0.15, 0.2) is 9.84 Å².